The second kappa shape index (κ2) is 5.40. The number of hydrogen-bond acceptors (Lipinski definition) is 4. The van der Waals surface area contributed by atoms with E-state index in [4.69, 9.17) is 5.73 Å². The summed E-state index contributed by atoms with van der Waals surface area (Å²) in [5.74, 6) is -0.0419. The Balaban J connectivity index is 2.37. The van der Waals surface area contributed by atoms with Gasteiger partial charge in [-0.25, -0.2) is 4.98 Å². The summed E-state index contributed by atoms with van der Waals surface area (Å²) >= 11 is 1.24. The number of rotatable bonds is 3. The van der Waals surface area contributed by atoms with E-state index in [-0.39, 0.29) is 5.91 Å². The minimum Gasteiger partial charge on any atom is -0.375 e. The second-order valence-electron chi connectivity index (χ2n) is 4.36. The fraction of sp³-hybridized carbons (Fsp3) is 0.286. The molecule has 0 atom stereocenters. The summed E-state index contributed by atoms with van der Waals surface area (Å²) in [7, 11) is 0. The van der Waals surface area contributed by atoms with Crippen LogP contribution in [0.25, 0.3) is 0 Å². The van der Waals surface area contributed by atoms with Crippen LogP contribution in [-0.2, 0) is 0 Å². The first-order chi connectivity index (χ1) is 9.02. The highest BCUT2D eigenvalue weighted by Gasteiger charge is 2.21. The van der Waals surface area contributed by atoms with Gasteiger partial charge in [0.1, 0.15) is 4.88 Å². The van der Waals surface area contributed by atoms with Crippen molar-refractivity contribution in [3.63, 3.8) is 0 Å². The third kappa shape index (κ3) is 2.76. The van der Waals surface area contributed by atoms with Gasteiger partial charge in [-0.05, 0) is 38.5 Å². The molecule has 0 aliphatic rings. The van der Waals surface area contributed by atoms with Gasteiger partial charge in [-0.15, -0.1) is 0 Å². The first kappa shape index (κ1) is 13.5. The molecule has 2 aromatic rings. The highest BCUT2D eigenvalue weighted by atomic mass is 32.1. The molecule has 1 aromatic heterocycles. The number of carbonyl (C=O) groups excluding carboxylic acids is 1. The molecule has 4 nitrogen and oxygen atoms in total. The fourth-order valence-corrected chi connectivity index (χ4v) is 2.76. The summed E-state index contributed by atoms with van der Waals surface area (Å²) in [6, 6.07) is 7.90. The van der Waals surface area contributed by atoms with Gasteiger partial charge in [-0.1, -0.05) is 23.5 Å². The fourth-order valence-electron chi connectivity index (χ4n) is 1.98. The standard InChI is InChI=1S/C14H17N3OS/c1-4-17(11-7-5-6-9(2)8-11)13(18)12-10(3)16-14(15)19-12/h5-8H,4H2,1-3H3,(H2,15,16). The molecular weight excluding hydrogens is 258 g/mol. The number of anilines is 2. The summed E-state index contributed by atoms with van der Waals surface area (Å²) in [5, 5.41) is 0.432. The topological polar surface area (TPSA) is 59.2 Å². The molecule has 19 heavy (non-hydrogen) atoms. The maximum Gasteiger partial charge on any atom is 0.270 e. The maximum absolute atomic E-state index is 12.6. The Labute approximate surface area is 116 Å². The lowest BCUT2D eigenvalue weighted by Gasteiger charge is -2.20. The Kier molecular flexibility index (Phi) is 3.85. The van der Waals surface area contributed by atoms with E-state index in [1.54, 1.807) is 4.90 Å². The quantitative estimate of drug-likeness (QED) is 0.936. The number of carbonyl (C=O) groups is 1. The molecule has 0 saturated heterocycles. The van der Waals surface area contributed by atoms with Crippen molar-refractivity contribution in [3.05, 3.63) is 40.4 Å². The molecule has 0 bridgehead atoms. The predicted octanol–water partition coefficient (Wildman–Crippen LogP) is 3.01. The third-order valence-electron chi connectivity index (χ3n) is 2.88. The van der Waals surface area contributed by atoms with Crippen LogP contribution in [-0.4, -0.2) is 17.4 Å². The van der Waals surface area contributed by atoms with Crippen molar-refractivity contribution in [2.75, 3.05) is 17.2 Å². The summed E-state index contributed by atoms with van der Waals surface area (Å²) < 4.78 is 0. The number of hydrogen-bond donors (Lipinski definition) is 1. The molecule has 0 saturated carbocycles. The van der Waals surface area contributed by atoms with Crippen molar-refractivity contribution in [1.82, 2.24) is 4.98 Å². The van der Waals surface area contributed by atoms with Gasteiger partial charge in [0, 0.05) is 12.2 Å². The number of nitrogens with two attached hydrogens (primary N) is 1. The summed E-state index contributed by atoms with van der Waals surface area (Å²) in [4.78, 5) is 19.0. The Morgan fingerprint density at radius 1 is 1.42 bits per heavy atom. The van der Waals surface area contributed by atoms with Gasteiger partial charge in [0.15, 0.2) is 5.13 Å². The predicted molar refractivity (Wildman–Crippen MR) is 79.8 cm³/mol. The minimum absolute atomic E-state index is 0.0419. The Morgan fingerprint density at radius 3 is 2.68 bits per heavy atom. The summed E-state index contributed by atoms with van der Waals surface area (Å²) in [6.07, 6.45) is 0. The van der Waals surface area contributed by atoms with E-state index < -0.39 is 0 Å². The lowest BCUT2D eigenvalue weighted by molar-refractivity contribution is 0.0991. The number of nitrogen functional groups attached to an aromatic ring is 1. The highest BCUT2D eigenvalue weighted by molar-refractivity contribution is 7.17. The van der Waals surface area contributed by atoms with Crippen LogP contribution in [0.2, 0.25) is 0 Å². The lowest BCUT2D eigenvalue weighted by atomic mass is 10.2. The van der Waals surface area contributed by atoms with Gasteiger partial charge in [-0.3, -0.25) is 4.79 Å². The molecule has 1 heterocycles. The summed E-state index contributed by atoms with van der Waals surface area (Å²) in [6.45, 7) is 6.39. The molecule has 5 heteroatoms. The van der Waals surface area contributed by atoms with E-state index in [1.807, 2.05) is 45.0 Å². The number of nitrogens with zero attached hydrogens (tertiary/aromatic N) is 2. The normalized spacial score (nSPS) is 10.5. The maximum atomic E-state index is 12.6. The zero-order valence-electron chi connectivity index (χ0n) is 11.3. The SMILES string of the molecule is CCN(C(=O)c1sc(N)nc1C)c1cccc(C)c1. The van der Waals surface area contributed by atoms with Crippen LogP contribution in [0, 0.1) is 13.8 Å². The molecule has 0 aliphatic carbocycles. The van der Waals surface area contributed by atoms with Crippen LogP contribution in [0.5, 0.6) is 0 Å². The van der Waals surface area contributed by atoms with Crippen molar-refractivity contribution in [2.45, 2.75) is 20.8 Å². The number of amides is 1. The first-order valence-corrected chi connectivity index (χ1v) is 6.96. The van der Waals surface area contributed by atoms with E-state index >= 15 is 0 Å². The highest BCUT2D eigenvalue weighted by Crippen LogP contribution is 2.25. The van der Waals surface area contributed by atoms with Crippen LogP contribution in [0.15, 0.2) is 24.3 Å². The monoisotopic (exact) mass is 275 g/mol. The average Bonchev–Trinajstić information content (AvgIpc) is 2.69. The Morgan fingerprint density at radius 2 is 2.16 bits per heavy atom. The molecule has 0 fully saturated rings. The minimum atomic E-state index is -0.0419. The summed E-state index contributed by atoms with van der Waals surface area (Å²) in [5.41, 5.74) is 8.38. The van der Waals surface area contributed by atoms with Crippen molar-refractivity contribution >= 4 is 28.1 Å². The molecule has 0 unspecified atom stereocenters. The molecule has 2 rings (SSSR count). The average molecular weight is 275 g/mol. The third-order valence-corrected chi connectivity index (χ3v) is 3.86. The molecule has 2 N–H and O–H groups in total. The van der Waals surface area contributed by atoms with Crippen molar-refractivity contribution in [2.24, 2.45) is 0 Å². The van der Waals surface area contributed by atoms with Crippen molar-refractivity contribution < 1.29 is 4.79 Å². The number of aryl methyl sites for hydroxylation is 2. The smallest absolute Gasteiger partial charge is 0.270 e. The second-order valence-corrected chi connectivity index (χ2v) is 5.39. The van der Waals surface area contributed by atoms with Crippen LogP contribution in [0.4, 0.5) is 10.8 Å². The lowest BCUT2D eigenvalue weighted by Crippen LogP contribution is -2.30. The van der Waals surface area contributed by atoms with Gasteiger partial charge in [0.25, 0.3) is 5.91 Å². The van der Waals surface area contributed by atoms with E-state index in [0.717, 1.165) is 11.3 Å². The van der Waals surface area contributed by atoms with E-state index in [9.17, 15) is 4.79 Å². The van der Waals surface area contributed by atoms with Gasteiger partial charge in [0.05, 0.1) is 5.69 Å². The van der Waals surface area contributed by atoms with E-state index in [2.05, 4.69) is 4.98 Å². The van der Waals surface area contributed by atoms with Gasteiger partial charge < -0.3 is 10.6 Å². The zero-order valence-corrected chi connectivity index (χ0v) is 12.1. The van der Waals surface area contributed by atoms with Crippen LogP contribution < -0.4 is 10.6 Å². The van der Waals surface area contributed by atoms with Crippen molar-refractivity contribution in [1.29, 1.82) is 0 Å². The Hall–Kier alpha value is -1.88. The number of thiazole rings is 1. The number of benzene rings is 1. The van der Waals surface area contributed by atoms with Crippen LogP contribution >= 0.6 is 11.3 Å². The molecular formula is C14H17N3OS. The molecule has 1 aromatic carbocycles. The molecule has 0 radical (unpaired) electrons. The largest absolute Gasteiger partial charge is 0.375 e. The molecule has 0 aliphatic heterocycles. The molecule has 100 valence electrons. The van der Waals surface area contributed by atoms with Gasteiger partial charge >= 0.3 is 0 Å². The number of aromatic nitrogens is 1. The molecule has 0 spiro atoms. The van der Waals surface area contributed by atoms with E-state index in [0.29, 0.717) is 22.2 Å². The zero-order chi connectivity index (χ0) is 14.0. The van der Waals surface area contributed by atoms with Crippen molar-refractivity contribution in [3.8, 4) is 0 Å². The Bertz CT molecular complexity index is 606. The van der Waals surface area contributed by atoms with E-state index in [1.165, 1.54) is 11.3 Å². The van der Waals surface area contributed by atoms with Gasteiger partial charge in [-0.2, -0.15) is 0 Å². The van der Waals surface area contributed by atoms with Crippen LogP contribution in [0.3, 0.4) is 0 Å². The molecule has 1 amide bonds. The van der Waals surface area contributed by atoms with Gasteiger partial charge in [0.2, 0.25) is 0 Å². The first-order valence-electron chi connectivity index (χ1n) is 6.14. The van der Waals surface area contributed by atoms with Crippen LogP contribution in [0.1, 0.15) is 27.9 Å².